The molecule has 0 aromatic rings. The van der Waals surface area contributed by atoms with Gasteiger partial charge < -0.3 is 0 Å². The Morgan fingerprint density at radius 1 is 0.952 bits per heavy atom. The van der Waals surface area contributed by atoms with Crippen LogP contribution in [0.2, 0.25) is 0 Å². The van der Waals surface area contributed by atoms with Crippen molar-refractivity contribution in [1.82, 2.24) is 5.12 Å². The Kier molecular flexibility index (Phi) is 5.10. The molecule has 21 heavy (non-hydrogen) atoms. The number of hydrogen-bond acceptors (Lipinski definition) is 9. The van der Waals surface area contributed by atoms with Crippen LogP contribution in [-0.4, -0.2) is 49.0 Å². The maximum atomic E-state index is 13.6. The van der Waals surface area contributed by atoms with E-state index in [1.54, 1.807) is 0 Å². The lowest BCUT2D eigenvalue weighted by molar-refractivity contribution is -0.811. The number of alkyl halides is 1. The minimum atomic E-state index is -3.69. The van der Waals surface area contributed by atoms with Crippen molar-refractivity contribution in [3.63, 3.8) is 0 Å². The molecule has 1 atom stereocenters. The zero-order chi connectivity index (χ0) is 17.2. The van der Waals surface area contributed by atoms with E-state index in [4.69, 9.17) is 0 Å². The molecular formula is C6H9F2N5O8. The Balaban J connectivity index is 5.48. The van der Waals surface area contributed by atoms with E-state index in [0.717, 1.165) is 0 Å². The lowest BCUT2D eigenvalue weighted by atomic mass is 10.1. The highest BCUT2D eigenvalue weighted by molar-refractivity contribution is 4.73. The van der Waals surface area contributed by atoms with E-state index in [0.29, 0.717) is 6.92 Å². The van der Waals surface area contributed by atoms with Gasteiger partial charge in [-0.3, -0.25) is 40.5 Å². The predicted molar refractivity (Wildman–Crippen MR) is 57.5 cm³/mol. The molecule has 13 nitrogen and oxygen atoms in total. The number of hydrogen-bond donors (Lipinski definition) is 0. The highest BCUT2D eigenvalue weighted by atomic mass is 19.2. The van der Waals surface area contributed by atoms with E-state index < -0.39 is 49.0 Å². The van der Waals surface area contributed by atoms with Crippen LogP contribution in [0, 0.1) is 40.5 Å². The predicted octanol–water partition coefficient (Wildman–Crippen LogP) is 0.00770. The van der Waals surface area contributed by atoms with E-state index in [1.165, 1.54) is 0 Å². The number of halogens is 2. The molecule has 0 bridgehead atoms. The Morgan fingerprint density at radius 2 is 1.29 bits per heavy atom. The van der Waals surface area contributed by atoms with Gasteiger partial charge in [0.15, 0.2) is 6.54 Å². The molecule has 1 unspecified atom stereocenters. The summed E-state index contributed by atoms with van der Waals surface area (Å²) in [6.07, 6.45) is -3.58. The molecule has 0 rings (SSSR count). The third-order valence-corrected chi connectivity index (χ3v) is 2.67. The van der Waals surface area contributed by atoms with Crippen LogP contribution < -0.4 is 0 Å². The average molecular weight is 317 g/mol. The van der Waals surface area contributed by atoms with Crippen LogP contribution in [0.25, 0.3) is 0 Å². The van der Waals surface area contributed by atoms with Crippen LogP contribution in [0.1, 0.15) is 13.8 Å². The molecule has 0 aromatic heterocycles. The van der Waals surface area contributed by atoms with Gasteiger partial charge in [-0.05, 0) is 0 Å². The van der Waals surface area contributed by atoms with Crippen molar-refractivity contribution in [2.45, 2.75) is 31.5 Å². The molecule has 0 aromatic carbocycles. The van der Waals surface area contributed by atoms with Crippen molar-refractivity contribution in [1.29, 1.82) is 0 Å². The first-order valence-corrected chi connectivity index (χ1v) is 4.96. The third kappa shape index (κ3) is 3.12. The second-order valence-corrected chi connectivity index (χ2v) is 4.23. The molecule has 0 aliphatic heterocycles. The molecule has 0 aliphatic carbocycles. The summed E-state index contributed by atoms with van der Waals surface area (Å²) in [5.41, 5.74) is -6.93. The third-order valence-electron chi connectivity index (χ3n) is 2.67. The molecule has 0 spiro atoms. The molecule has 0 N–H and O–H groups in total. The first-order chi connectivity index (χ1) is 9.31. The smallest absolute Gasteiger partial charge is 0.258 e. The molecule has 0 heterocycles. The number of nitrogens with zero attached hydrogens (tertiary/aromatic N) is 5. The van der Waals surface area contributed by atoms with Crippen LogP contribution in [0.4, 0.5) is 8.87 Å². The SMILES string of the molecule is CC(CN(F)C(F)C(C)([N+](=O)[O-])[N+](=O)[O-])([N+](=O)[O-])[N+](=O)[O-]. The summed E-state index contributed by atoms with van der Waals surface area (Å²) < 4.78 is 27.1. The van der Waals surface area contributed by atoms with Gasteiger partial charge in [0.1, 0.15) is 9.85 Å². The lowest BCUT2D eigenvalue weighted by Gasteiger charge is -2.22. The average Bonchev–Trinajstić information content (AvgIpc) is 2.35. The minimum absolute atomic E-state index is 0.125. The van der Waals surface area contributed by atoms with Gasteiger partial charge in [-0.2, -0.15) is 0 Å². The van der Waals surface area contributed by atoms with Gasteiger partial charge in [0.2, 0.25) is 0 Å². The molecule has 120 valence electrons. The van der Waals surface area contributed by atoms with Gasteiger partial charge in [0, 0.05) is 0 Å². The van der Waals surface area contributed by atoms with Gasteiger partial charge >= 0.3 is 17.6 Å². The van der Waals surface area contributed by atoms with E-state index >= 15 is 0 Å². The molecule has 0 aliphatic rings. The van der Waals surface area contributed by atoms with Crippen molar-refractivity contribution in [2.24, 2.45) is 0 Å². The summed E-state index contributed by atoms with van der Waals surface area (Å²) in [5.74, 6) is 0. The topological polar surface area (TPSA) is 176 Å². The zero-order valence-corrected chi connectivity index (χ0v) is 10.5. The first-order valence-electron chi connectivity index (χ1n) is 4.96. The van der Waals surface area contributed by atoms with Crippen molar-refractivity contribution in [3.05, 3.63) is 40.5 Å². The minimum Gasteiger partial charge on any atom is -0.258 e. The van der Waals surface area contributed by atoms with E-state index in [-0.39, 0.29) is 6.92 Å². The molecular weight excluding hydrogens is 308 g/mol. The largest absolute Gasteiger partial charge is 0.501 e. The normalized spacial score (nSPS) is 13.8. The fourth-order valence-electron chi connectivity index (χ4n) is 1.05. The lowest BCUT2D eigenvalue weighted by Crippen LogP contribution is -2.60. The number of nitro groups is 4. The second kappa shape index (κ2) is 5.81. The van der Waals surface area contributed by atoms with E-state index in [9.17, 15) is 49.3 Å². The standard InChI is InChI=1S/C6H9F2N5O8/c1-5(10(14)15,11(16)17)3-9(8)4(7)6(2,12(18)19)13(20)21/h4H,3H2,1-2H3. The monoisotopic (exact) mass is 317 g/mol. The fraction of sp³-hybridized carbons (Fsp3) is 1.00. The van der Waals surface area contributed by atoms with E-state index in [1.807, 2.05) is 0 Å². The van der Waals surface area contributed by atoms with Crippen molar-refractivity contribution >= 4 is 0 Å². The van der Waals surface area contributed by atoms with Gasteiger partial charge in [-0.15, -0.1) is 4.48 Å². The first kappa shape index (κ1) is 18.4. The van der Waals surface area contributed by atoms with Crippen molar-refractivity contribution in [2.75, 3.05) is 6.54 Å². The summed E-state index contributed by atoms with van der Waals surface area (Å²) in [4.78, 5) is 35.4. The molecule has 0 fully saturated rings. The maximum absolute atomic E-state index is 13.6. The Hall–Kier alpha value is -2.58. The Morgan fingerprint density at radius 3 is 1.52 bits per heavy atom. The maximum Gasteiger partial charge on any atom is 0.501 e. The van der Waals surface area contributed by atoms with E-state index in [2.05, 4.69) is 0 Å². The molecule has 0 saturated carbocycles. The highest BCUT2D eigenvalue weighted by Crippen LogP contribution is 2.25. The van der Waals surface area contributed by atoms with Gasteiger partial charge in [-0.1, -0.05) is 5.12 Å². The summed E-state index contributed by atoms with van der Waals surface area (Å²) in [6, 6.07) is 0. The highest BCUT2D eigenvalue weighted by Gasteiger charge is 2.65. The van der Waals surface area contributed by atoms with Crippen molar-refractivity contribution < 1.29 is 28.6 Å². The van der Waals surface area contributed by atoms with Crippen LogP contribution in [0.5, 0.6) is 0 Å². The number of rotatable bonds is 8. The molecule has 15 heteroatoms. The molecule has 0 amide bonds. The van der Waals surface area contributed by atoms with Gasteiger partial charge in [0.05, 0.1) is 23.7 Å². The zero-order valence-electron chi connectivity index (χ0n) is 10.5. The Bertz CT molecular complexity index is 458. The summed E-state index contributed by atoms with van der Waals surface area (Å²) in [6.45, 7) is -1.42. The quantitative estimate of drug-likeness (QED) is 0.196. The van der Waals surface area contributed by atoms with Crippen LogP contribution in [0.15, 0.2) is 0 Å². The fourth-order valence-corrected chi connectivity index (χ4v) is 1.05. The van der Waals surface area contributed by atoms with Crippen LogP contribution in [0.3, 0.4) is 0 Å². The second-order valence-electron chi connectivity index (χ2n) is 4.23. The molecule has 0 saturated heterocycles. The van der Waals surface area contributed by atoms with Crippen molar-refractivity contribution in [3.8, 4) is 0 Å². The van der Waals surface area contributed by atoms with Crippen LogP contribution >= 0.6 is 0 Å². The van der Waals surface area contributed by atoms with Crippen LogP contribution in [-0.2, 0) is 0 Å². The van der Waals surface area contributed by atoms with Gasteiger partial charge in [0.25, 0.3) is 0 Å². The Labute approximate surface area is 113 Å². The molecule has 0 radical (unpaired) electrons. The summed E-state index contributed by atoms with van der Waals surface area (Å²) in [5, 5.41) is 40.7. The summed E-state index contributed by atoms with van der Waals surface area (Å²) in [7, 11) is 0. The van der Waals surface area contributed by atoms with Gasteiger partial charge in [-0.25, -0.2) is 4.39 Å². The summed E-state index contributed by atoms with van der Waals surface area (Å²) >= 11 is 0.